The molecular weight excluding hydrogens is 236 g/mol. The zero-order valence-corrected chi connectivity index (χ0v) is 11.4. The van der Waals surface area contributed by atoms with Crippen LogP contribution in [-0.2, 0) is 6.54 Å². The fourth-order valence-corrected chi connectivity index (χ4v) is 2.12. The maximum Gasteiger partial charge on any atom is 0.222 e. The highest BCUT2D eigenvalue weighted by atomic mass is 16.5. The first-order chi connectivity index (χ1) is 9.17. The van der Waals surface area contributed by atoms with Crippen LogP contribution in [0, 0.1) is 6.92 Å². The number of rotatable bonds is 5. The van der Waals surface area contributed by atoms with Crippen molar-refractivity contribution in [1.29, 1.82) is 0 Å². The van der Waals surface area contributed by atoms with Crippen LogP contribution in [0.2, 0.25) is 0 Å². The monoisotopic (exact) mass is 254 g/mol. The van der Waals surface area contributed by atoms with Gasteiger partial charge in [0, 0.05) is 18.4 Å². The normalized spacial score (nSPS) is 11.1. The molecule has 0 saturated carbocycles. The second kappa shape index (κ2) is 5.57. The number of fused-ring (bicyclic) bond motifs is 1. The summed E-state index contributed by atoms with van der Waals surface area (Å²) in [6, 6.07) is 4.08. The van der Waals surface area contributed by atoms with Gasteiger partial charge in [0.1, 0.15) is 0 Å². The summed E-state index contributed by atoms with van der Waals surface area (Å²) in [5, 5.41) is 1.03. The van der Waals surface area contributed by atoms with Crippen molar-refractivity contribution in [2.75, 3.05) is 7.11 Å². The maximum atomic E-state index is 5.29. The Bertz CT molecular complexity index is 650. The van der Waals surface area contributed by atoms with E-state index in [9.17, 15) is 0 Å². The van der Waals surface area contributed by atoms with Crippen molar-refractivity contribution in [3.8, 4) is 5.88 Å². The van der Waals surface area contributed by atoms with Crippen LogP contribution in [0.5, 0.6) is 5.88 Å². The van der Waals surface area contributed by atoms with Gasteiger partial charge in [-0.25, -0.2) is 4.98 Å². The number of hydrogen-bond acceptors (Lipinski definition) is 2. The van der Waals surface area contributed by atoms with Crippen LogP contribution in [-0.4, -0.2) is 16.7 Å². The number of ether oxygens (including phenoxy) is 1. The zero-order valence-electron chi connectivity index (χ0n) is 11.4. The lowest BCUT2D eigenvalue weighted by molar-refractivity contribution is 0.403. The smallest absolute Gasteiger partial charge is 0.222 e. The molecule has 0 amide bonds. The fraction of sp³-hybridized carbons (Fsp3) is 0.188. The van der Waals surface area contributed by atoms with E-state index in [1.165, 1.54) is 0 Å². The van der Waals surface area contributed by atoms with Gasteiger partial charge in [0.15, 0.2) is 0 Å². The number of aryl methyl sites for hydroxylation is 1. The largest absolute Gasteiger partial charge is 0.481 e. The molecule has 0 saturated heterocycles. The quantitative estimate of drug-likeness (QED) is 0.761. The lowest BCUT2D eigenvalue weighted by atomic mass is 10.2. The molecule has 3 nitrogen and oxygen atoms in total. The van der Waals surface area contributed by atoms with E-state index in [1.807, 2.05) is 18.2 Å². The molecule has 0 aromatic carbocycles. The minimum absolute atomic E-state index is 0.659. The average molecular weight is 254 g/mol. The van der Waals surface area contributed by atoms with Crippen LogP contribution in [0.4, 0.5) is 0 Å². The number of allylic oxidation sites excluding steroid dienone is 4. The van der Waals surface area contributed by atoms with Crippen molar-refractivity contribution in [3.05, 3.63) is 61.0 Å². The number of aromatic nitrogens is 2. The number of hydrogen-bond donors (Lipinski definition) is 0. The first-order valence-electron chi connectivity index (χ1n) is 6.13. The molecule has 19 heavy (non-hydrogen) atoms. The van der Waals surface area contributed by atoms with Crippen LogP contribution in [0.25, 0.3) is 10.9 Å². The van der Waals surface area contributed by atoms with E-state index < -0.39 is 0 Å². The van der Waals surface area contributed by atoms with Crippen LogP contribution in [0.1, 0.15) is 5.69 Å². The lowest BCUT2D eigenvalue weighted by Crippen LogP contribution is -2.01. The molecule has 2 rings (SSSR count). The molecule has 2 aromatic rings. The van der Waals surface area contributed by atoms with E-state index in [1.54, 1.807) is 19.4 Å². The molecule has 0 radical (unpaired) electrons. The standard InChI is InChI=1S/C16H18N2O/c1-5-6-7-12(2)11-18-13(3)10-14-15(18)8-9-17-16(14)19-4/h5-10H,1-2,11H2,3-4H3/b7-6-. The minimum atomic E-state index is 0.659. The molecule has 0 aliphatic carbocycles. The molecule has 2 heterocycles. The average Bonchev–Trinajstić information content (AvgIpc) is 2.73. The van der Waals surface area contributed by atoms with Gasteiger partial charge in [-0.05, 0) is 24.6 Å². The minimum Gasteiger partial charge on any atom is -0.481 e. The third-order valence-corrected chi connectivity index (χ3v) is 3.02. The third-order valence-electron chi connectivity index (χ3n) is 3.02. The van der Waals surface area contributed by atoms with E-state index in [-0.39, 0.29) is 0 Å². The molecule has 0 N–H and O–H groups in total. The van der Waals surface area contributed by atoms with Crippen molar-refractivity contribution in [2.24, 2.45) is 0 Å². The summed E-state index contributed by atoms with van der Waals surface area (Å²) in [4.78, 5) is 4.22. The Morgan fingerprint density at radius 2 is 2.32 bits per heavy atom. The SMILES string of the molecule is C=C/C=C\C(=C)Cn1c(C)cc2c(OC)nccc21. The second-order valence-corrected chi connectivity index (χ2v) is 4.38. The number of nitrogens with zero attached hydrogens (tertiary/aromatic N) is 2. The van der Waals surface area contributed by atoms with Crippen molar-refractivity contribution in [1.82, 2.24) is 9.55 Å². The Kier molecular flexibility index (Phi) is 3.85. The fourth-order valence-electron chi connectivity index (χ4n) is 2.12. The molecule has 3 heteroatoms. The third kappa shape index (κ3) is 2.60. The molecule has 0 unspecified atom stereocenters. The van der Waals surface area contributed by atoms with E-state index in [4.69, 9.17) is 4.74 Å². The Balaban J connectivity index is 2.43. The Morgan fingerprint density at radius 1 is 1.53 bits per heavy atom. The van der Waals surface area contributed by atoms with Crippen LogP contribution in [0.3, 0.4) is 0 Å². The van der Waals surface area contributed by atoms with Gasteiger partial charge in [-0.1, -0.05) is 31.4 Å². The zero-order chi connectivity index (χ0) is 13.8. The molecule has 0 spiro atoms. The van der Waals surface area contributed by atoms with Crippen molar-refractivity contribution >= 4 is 10.9 Å². The second-order valence-electron chi connectivity index (χ2n) is 4.38. The summed E-state index contributed by atoms with van der Waals surface area (Å²) < 4.78 is 7.50. The number of methoxy groups -OCH3 is 1. The molecule has 0 atom stereocenters. The predicted octanol–water partition coefficient (Wildman–Crippen LogP) is 3.65. The highest BCUT2D eigenvalue weighted by Crippen LogP contribution is 2.27. The summed E-state index contributed by atoms with van der Waals surface area (Å²) >= 11 is 0. The van der Waals surface area contributed by atoms with Gasteiger partial charge in [-0.15, -0.1) is 0 Å². The van der Waals surface area contributed by atoms with Crippen LogP contribution < -0.4 is 4.74 Å². The van der Waals surface area contributed by atoms with Gasteiger partial charge in [0.2, 0.25) is 5.88 Å². The summed E-state index contributed by atoms with van der Waals surface area (Å²) in [6.07, 6.45) is 7.38. The Labute approximate surface area is 113 Å². The topological polar surface area (TPSA) is 27.1 Å². The molecule has 0 bridgehead atoms. The van der Waals surface area contributed by atoms with Crippen molar-refractivity contribution < 1.29 is 4.74 Å². The summed E-state index contributed by atoms with van der Waals surface area (Å²) in [7, 11) is 1.64. The summed E-state index contributed by atoms with van der Waals surface area (Å²) in [5.41, 5.74) is 3.29. The van der Waals surface area contributed by atoms with Crippen molar-refractivity contribution in [3.63, 3.8) is 0 Å². The molecule has 2 aromatic heterocycles. The lowest BCUT2D eigenvalue weighted by Gasteiger charge is -2.08. The van der Waals surface area contributed by atoms with E-state index in [0.717, 1.165) is 28.7 Å². The van der Waals surface area contributed by atoms with E-state index in [0.29, 0.717) is 5.88 Å². The van der Waals surface area contributed by atoms with Gasteiger partial charge in [0.25, 0.3) is 0 Å². The van der Waals surface area contributed by atoms with Crippen LogP contribution >= 0.6 is 0 Å². The summed E-state index contributed by atoms with van der Waals surface area (Å²) in [6.45, 7) is 10.5. The highest BCUT2D eigenvalue weighted by molar-refractivity contribution is 5.85. The molecule has 0 aliphatic heterocycles. The van der Waals surface area contributed by atoms with Crippen molar-refractivity contribution in [2.45, 2.75) is 13.5 Å². The van der Waals surface area contributed by atoms with Gasteiger partial charge in [0.05, 0.1) is 18.0 Å². The molecular formula is C16H18N2O. The first-order valence-corrected chi connectivity index (χ1v) is 6.13. The highest BCUT2D eigenvalue weighted by Gasteiger charge is 2.10. The summed E-state index contributed by atoms with van der Waals surface area (Å²) in [5.74, 6) is 0.659. The first kappa shape index (κ1) is 13.1. The van der Waals surface area contributed by atoms with Gasteiger partial charge < -0.3 is 9.30 Å². The molecule has 98 valence electrons. The predicted molar refractivity (Wildman–Crippen MR) is 79.5 cm³/mol. The molecule has 0 aliphatic rings. The van der Waals surface area contributed by atoms with Gasteiger partial charge >= 0.3 is 0 Å². The van der Waals surface area contributed by atoms with Gasteiger partial charge in [-0.3, -0.25) is 0 Å². The van der Waals surface area contributed by atoms with Gasteiger partial charge in [-0.2, -0.15) is 0 Å². The van der Waals surface area contributed by atoms with E-state index >= 15 is 0 Å². The Hall–Kier alpha value is -2.29. The number of pyridine rings is 1. The Morgan fingerprint density at radius 3 is 3.00 bits per heavy atom. The molecule has 0 fully saturated rings. The maximum absolute atomic E-state index is 5.29. The van der Waals surface area contributed by atoms with E-state index in [2.05, 4.69) is 35.7 Å². The van der Waals surface area contributed by atoms with Crippen LogP contribution in [0.15, 0.2) is 55.3 Å².